The number of hydrogen-bond donors (Lipinski definition) is 0. The van der Waals surface area contributed by atoms with Crippen LogP contribution >= 0.6 is 11.6 Å². The maximum Gasteiger partial charge on any atom is 0.342 e. The lowest BCUT2D eigenvalue weighted by Crippen LogP contribution is -2.36. The molecular formula is C20H27ClN2O4. The predicted octanol–water partition coefficient (Wildman–Crippen LogP) is 3.36. The van der Waals surface area contributed by atoms with Gasteiger partial charge in [-0.3, -0.25) is 4.79 Å². The number of nitrogens with zero attached hydrogens (tertiary/aromatic N) is 2. The van der Waals surface area contributed by atoms with Gasteiger partial charge in [0.05, 0.1) is 12.3 Å². The maximum atomic E-state index is 12.6. The van der Waals surface area contributed by atoms with E-state index in [0.29, 0.717) is 29.0 Å². The minimum atomic E-state index is -0.454. The van der Waals surface area contributed by atoms with Crippen LogP contribution in [0.25, 0.3) is 0 Å². The predicted molar refractivity (Wildman–Crippen MR) is 105 cm³/mol. The minimum absolute atomic E-state index is 0.0956. The van der Waals surface area contributed by atoms with Gasteiger partial charge in [-0.05, 0) is 56.9 Å². The monoisotopic (exact) mass is 394 g/mol. The molecule has 0 unspecified atom stereocenters. The van der Waals surface area contributed by atoms with Crippen molar-refractivity contribution in [2.45, 2.75) is 32.6 Å². The number of anilines is 1. The summed E-state index contributed by atoms with van der Waals surface area (Å²) in [6.45, 7) is 5.78. The van der Waals surface area contributed by atoms with E-state index in [0.717, 1.165) is 32.5 Å². The molecule has 0 spiro atoms. The smallest absolute Gasteiger partial charge is 0.342 e. The van der Waals surface area contributed by atoms with Crippen molar-refractivity contribution in [3.63, 3.8) is 0 Å². The van der Waals surface area contributed by atoms with Crippen LogP contribution in [0.4, 0.5) is 5.69 Å². The fourth-order valence-electron chi connectivity index (χ4n) is 3.53. The third-order valence-corrected chi connectivity index (χ3v) is 5.53. The second kappa shape index (κ2) is 8.93. The quantitative estimate of drug-likeness (QED) is 0.692. The lowest BCUT2D eigenvalue weighted by Gasteiger charge is -2.31. The van der Waals surface area contributed by atoms with Crippen molar-refractivity contribution < 1.29 is 19.1 Å². The fourth-order valence-corrected chi connectivity index (χ4v) is 3.74. The number of piperidine rings is 1. The molecule has 0 aromatic heterocycles. The average molecular weight is 395 g/mol. The fraction of sp³-hybridized carbons (Fsp3) is 0.600. The maximum absolute atomic E-state index is 12.6. The number of hydrogen-bond acceptors (Lipinski definition) is 5. The number of ether oxygens (including phenoxy) is 2. The summed E-state index contributed by atoms with van der Waals surface area (Å²) >= 11 is 6.14. The van der Waals surface area contributed by atoms with E-state index in [1.807, 2.05) is 0 Å². The number of amides is 1. The van der Waals surface area contributed by atoms with E-state index in [1.54, 1.807) is 19.2 Å². The van der Waals surface area contributed by atoms with Gasteiger partial charge in [0.2, 0.25) is 0 Å². The summed E-state index contributed by atoms with van der Waals surface area (Å²) in [5, 5.41) is 0.370. The van der Waals surface area contributed by atoms with E-state index in [2.05, 4.69) is 11.8 Å². The average Bonchev–Trinajstić information content (AvgIpc) is 2.68. The molecule has 27 heavy (non-hydrogen) atoms. The van der Waals surface area contributed by atoms with Crippen LogP contribution in [0.1, 0.15) is 43.0 Å². The molecule has 0 aliphatic carbocycles. The first-order valence-corrected chi connectivity index (χ1v) is 9.99. The molecule has 0 saturated carbocycles. The van der Waals surface area contributed by atoms with Gasteiger partial charge < -0.3 is 19.3 Å². The summed E-state index contributed by atoms with van der Waals surface area (Å²) in [5.74, 6) is 0.108. The van der Waals surface area contributed by atoms with Crippen molar-refractivity contribution >= 4 is 29.2 Å². The number of likely N-dealkylation sites (N-methyl/N-ethyl adjacent to an activating group) is 1. The second-order valence-corrected chi connectivity index (χ2v) is 7.72. The van der Waals surface area contributed by atoms with Gasteiger partial charge in [0.25, 0.3) is 5.91 Å². The third-order valence-electron chi connectivity index (χ3n) is 5.31. The van der Waals surface area contributed by atoms with Crippen LogP contribution in [0.15, 0.2) is 12.1 Å². The van der Waals surface area contributed by atoms with Crippen molar-refractivity contribution in [1.29, 1.82) is 0 Å². The highest BCUT2D eigenvalue weighted by molar-refractivity contribution is 6.31. The Balaban J connectivity index is 1.59. The number of carbonyl (C=O) groups excluding carboxylic acids is 2. The van der Waals surface area contributed by atoms with E-state index in [1.165, 1.54) is 17.7 Å². The molecule has 6 nitrogen and oxygen atoms in total. The minimum Gasteiger partial charge on any atom is -0.481 e. The Morgan fingerprint density at radius 1 is 1.33 bits per heavy atom. The molecule has 2 aliphatic rings. The Labute approximate surface area is 165 Å². The van der Waals surface area contributed by atoms with Crippen LogP contribution in [-0.2, 0) is 9.53 Å². The first-order chi connectivity index (χ1) is 13.0. The molecule has 0 atom stereocenters. The number of likely N-dealkylation sites (tertiary alicyclic amines) is 1. The zero-order valence-corrected chi connectivity index (χ0v) is 16.8. The van der Waals surface area contributed by atoms with E-state index in [9.17, 15) is 9.59 Å². The molecule has 1 amide bonds. The summed E-state index contributed by atoms with van der Waals surface area (Å²) in [5.41, 5.74) is 0.771. The van der Waals surface area contributed by atoms with E-state index in [4.69, 9.17) is 21.1 Å². The number of halogens is 1. The van der Waals surface area contributed by atoms with Gasteiger partial charge in [-0.2, -0.15) is 0 Å². The number of rotatable bonds is 6. The van der Waals surface area contributed by atoms with E-state index >= 15 is 0 Å². The van der Waals surface area contributed by atoms with Crippen molar-refractivity contribution in [3.8, 4) is 5.75 Å². The Bertz CT molecular complexity index is 701. The molecule has 148 valence electrons. The Kier molecular flexibility index (Phi) is 6.60. The van der Waals surface area contributed by atoms with Crippen molar-refractivity contribution in [2.24, 2.45) is 5.92 Å². The second-order valence-electron chi connectivity index (χ2n) is 7.28. The SMILES string of the molecule is CCCCN1CCC(COC(=O)c2cc(Cl)cc3c2OCC(=O)N3C)CC1. The van der Waals surface area contributed by atoms with Crippen LogP contribution < -0.4 is 9.64 Å². The lowest BCUT2D eigenvalue weighted by atomic mass is 9.97. The van der Waals surface area contributed by atoms with Crippen LogP contribution in [-0.4, -0.2) is 56.7 Å². The van der Waals surface area contributed by atoms with Gasteiger partial charge in [0.15, 0.2) is 12.4 Å². The summed E-state index contributed by atoms with van der Waals surface area (Å²) in [4.78, 5) is 28.4. The molecular weight excluding hydrogens is 368 g/mol. The summed E-state index contributed by atoms with van der Waals surface area (Å²) in [7, 11) is 1.64. The van der Waals surface area contributed by atoms with Gasteiger partial charge >= 0.3 is 5.97 Å². The molecule has 0 radical (unpaired) electrons. The summed E-state index contributed by atoms with van der Waals surface area (Å²) in [6, 6.07) is 3.16. The first-order valence-electron chi connectivity index (χ1n) is 9.62. The molecule has 7 heteroatoms. The molecule has 1 fully saturated rings. The van der Waals surface area contributed by atoms with Gasteiger partial charge in [-0.15, -0.1) is 0 Å². The molecule has 1 saturated heterocycles. The summed E-state index contributed by atoms with van der Waals surface area (Å²) in [6.07, 6.45) is 4.53. The first kappa shape index (κ1) is 20.0. The van der Waals surface area contributed by atoms with Crippen molar-refractivity contribution in [2.75, 3.05) is 44.8 Å². The van der Waals surface area contributed by atoms with Crippen LogP contribution in [0.5, 0.6) is 5.75 Å². The van der Waals surface area contributed by atoms with E-state index < -0.39 is 5.97 Å². The number of unbranched alkanes of at least 4 members (excludes halogenated alkanes) is 1. The van der Waals surface area contributed by atoms with Gasteiger partial charge in [0, 0.05) is 12.1 Å². The van der Waals surface area contributed by atoms with Gasteiger partial charge in [-0.1, -0.05) is 24.9 Å². The molecule has 3 rings (SSSR count). The van der Waals surface area contributed by atoms with Crippen molar-refractivity contribution in [3.05, 3.63) is 22.7 Å². The Morgan fingerprint density at radius 2 is 2.07 bits per heavy atom. The number of benzene rings is 1. The topological polar surface area (TPSA) is 59.1 Å². The molecule has 0 bridgehead atoms. The zero-order valence-electron chi connectivity index (χ0n) is 16.0. The molecule has 1 aromatic carbocycles. The Hall–Kier alpha value is -1.79. The Morgan fingerprint density at radius 3 is 2.78 bits per heavy atom. The van der Waals surface area contributed by atoms with Crippen molar-refractivity contribution in [1.82, 2.24) is 4.90 Å². The molecule has 0 N–H and O–H groups in total. The van der Waals surface area contributed by atoms with Crippen LogP contribution in [0, 0.1) is 5.92 Å². The third kappa shape index (κ3) is 4.74. The zero-order chi connectivity index (χ0) is 19.4. The molecule has 1 aromatic rings. The molecule has 2 heterocycles. The standard InChI is InChI=1S/C20H27ClN2O4/c1-3-4-7-23-8-5-14(6-9-23)12-27-20(25)16-10-15(21)11-17-19(16)26-13-18(24)22(17)2/h10-11,14H,3-9,12-13H2,1-2H3. The van der Waals surface area contributed by atoms with E-state index in [-0.39, 0.29) is 18.1 Å². The number of carbonyl (C=O) groups is 2. The summed E-state index contributed by atoms with van der Waals surface area (Å²) < 4.78 is 11.1. The van der Waals surface area contributed by atoms with Crippen LogP contribution in [0.2, 0.25) is 5.02 Å². The highest BCUT2D eigenvalue weighted by atomic mass is 35.5. The normalized spacial score (nSPS) is 18.2. The lowest BCUT2D eigenvalue weighted by molar-refractivity contribution is -0.121. The number of fused-ring (bicyclic) bond motifs is 1. The number of esters is 1. The molecule has 2 aliphatic heterocycles. The van der Waals surface area contributed by atoms with Gasteiger partial charge in [-0.25, -0.2) is 4.79 Å². The van der Waals surface area contributed by atoms with Crippen LogP contribution in [0.3, 0.4) is 0 Å². The van der Waals surface area contributed by atoms with Gasteiger partial charge in [0.1, 0.15) is 5.56 Å². The largest absolute Gasteiger partial charge is 0.481 e. The highest BCUT2D eigenvalue weighted by Crippen LogP contribution is 2.38. The highest BCUT2D eigenvalue weighted by Gasteiger charge is 2.29.